The molecule has 0 radical (unpaired) electrons. The Kier molecular flexibility index (Phi) is 4.06. The van der Waals surface area contributed by atoms with Gasteiger partial charge in [0.25, 0.3) is 0 Å². The molecule has 1 aromatic carbocycles. The van der Waals surface area contributed by atoms with Gasteiger partial charge in [0, 0.05) is 31.3 Å². The van der Waals surface area contributed by atoms with Crippen molar-refractivity contribution >= 4 is 23.2 Å². The van der Waals surface area contributed by atoms with Gasteiger partial charge in [-0.3, -0.25) is 9.59 Å². The normalized spacial score (nSPS) is 14.3. The van der Waals surface area contributed by atoms with Crippen molar-refractivity contribution in [2.45, 2.75) is 25.8 Å². The Balaban J connectivity index is 2.12. The average Bonchev–Trinajstić information content (AvgIpc) is 2.82. The SMILES string of the molecule is C#CCC(N)C(=O)Nc1ccc2c(c1)CCN2C(C)=O. The van der Waals surface area contributed by atoms with Crippen molar-refractivity contribution in [2.24, 2.45) is 5.73 Å². The lowest BCUT2D eigenvalue weighted by molar-refractivity contribution is -0.117. The van der Waals surface area contributed by atoms with E-state index in [1.54, 1.807) is 17.9 Å². The molecule has 0 fully saturated rings. The van der Waals surface area contributed by atoms with E-state index < -0.39 is 6.04 Å². The monoisotopic (exact) mass is 271 g/mol. The number of hydrogen-bond donors (Lipinski definition) is 2. The van der Waals surface area contributed by atoms with Gasteiger partial charge < -0.3 is 16.0 Å². The lowest BCUT2D eigenvalue weighted by atomic mass is 10.1. The van der Waals surface area contributed by atoms with Crippen LogP contribution in [0.1, 0.15) is 18.9 Å². The molecule has 0 aliphatic carbocycles. The minimum absolute atomic E-state index is 0.0246. The molecule has 3 N–H and O–H groups in total. The van der Waals surface area contributed by atoms with Crippen LogP contribution in [0.15, 0.2) is 18.2 Å². The molecular weight excluding hydrogens is 254 g/mol. The zero-order valence-electron chi connectivity index (χ0n) is 11.3. The summed E-state index contributed by atoms with van der Waals surface area (Å²) in [5, 5.41) is 2.74. The molecular formula is C15H17N3O2. The zero-order valence-corrected chi connectivity index (χ0v) is 11.3. The second-order valence-electron chi connectivity index (χ2n) is 4.77. The first-order valence-corrected chi connectivity index (χ1v) is 6.44. The minimum Gasteiger partial charge on any atom is -0.325 e. The van der Waals surface area contributed by atoms with Gasteiger partial charge in [0.1, 0.15) is 0 Å². The van der Waals surface area contributed by atoms with Crippen molar-refractivity contribution in [3.05, 3.63) is 23.8 Å². The van der Waals surface area contributed by atoms with Crippen molar-refractivity contribution in [1.82, 2.24) is 0 Å². The summed E-state index contributed by atoms with van der Waals surface area (Å²) < 4.78 is 0. The first-order valence-electron chi connectivity index (χ1n) is 6.44. The van der Waals surface area contributed by atoms with E-state index >= 15 is 0 Å². The maximum atomic E-state index is 11.8. The number of benzene rings is 1. The Morgan fingerprint density at radius 1 is 1.55 bits per heavy atom. The topological polar surface area (TPSA) is 75.4 Å². The summed E-state index contributed by atoms with van der Waals surface area (Å²) in [6.07, 6.45) is 6.12. The average molecular weight is 271 g/mol. The van der Waals surface area contributed by atoms with Gasteiger partial charge in [-0.2, -0.15) is 0 Å². The highest BCUT2D eigenvalue weighted by atomic mass is 16.2. The van der Waals surface area contributed by atoms with Crippen LogP contribution in [0.3, 0.4) is 0 Å². The van der Waals surface area contributed by atoms with E-state index in [-0.39, 0.29) is 18.2 Å². The van der Waals surface area contributed by atoms with E-state index in [0.29, 0.717) is 12.2 Å². The third-order valence-electron chi connectivity index (χ3n) is 3.30. The van der Waals surface area contributed by atoms with Crippen LogP contribution in [-0.2, 0) is 16.0 Å². The number of carbonyl (C=O) groups is 2. The van der Waals surface area contributed by atoms with Gasteiger partial charge in [0.15, 0.2) is 0 Å². The maximum Gasteiger partial charge on any atom is 0.242 e. The first-order chi connectivity index (χ1) is 9.52. The summed E-state index contributed by atoms with van der Waals surface area (Å²) in [6, 6.07) is 4.77. The number of anilines is 2. The Morgan fingerprint density at radius 3 is 2.95 bits per heavy atom. The number of nitrogens with zero attached hydrogens (tertiary/aromatic N) is 1. The fourth-order valence-corrected chi connectivity index (χ4v) is 2.26. The van der Waals surface area contributed by atoms with Crippen molar-refractivity contribution in [2.75, 3.05) is 16.8 Å². The third-order valence-corrected chi connectivity index (χ3v) is 3.30. The number of rotatable bonds is 3. The fraction of sp³-hybridized carbons (Fsp3) is 0.333. The van der Waals surface area contributed by atoms with Crippen LogP contribution in [0.4, 0.5) is 11.4 Å². The Morgan fingerprint density at radius 2 is 2.30 bits per heavy atom. The summed E-state index contributed by atoms with van der Waals surface area (Å²) in [7, 11) is 0. The van der Waals surface area contributed by atoms with Gasteiger partial charge in [-0.15, -0.1) is 12.3 Å². The second kappa shape index (κ2) is 5.76. The molecule has 5 heteroatoms. The maximum absolute atomic E-state index is 11.8. The molecule has 104 valence electrons. The molecule has 0 bridgehead atoms. The standard InChI is InChI=1S/C15H17N3O2/c1-3-4-13(16)15(20)17-12-5-6-14-11(9-12)7-8-18(14)10(2)19/h1,5-6,9,13H,4,7-8,16H2,2H3,(H,17,20). The highest BCUT2D eigenvalue weighted by molar-refractivity contribution is 5.97. The molecule has 1 atom stereocenters. The molecule has 5 nitrogen and oxygen atoms in total. The number of nitrogens with one attached hydrogen (secondary N) is 1. The molecule has 0 saturated carbocycles. The van der Waals surface area contributed by atoms with Gasteiger partial charge in [-0.05, 0) is 30.2 Å². The predicted molar refractivity (Wildman–Crippen MR) is 78.2 cm³/mol. The molecule has 2 rings (SSSR count). The smallest absolute Gasteiger partial charge is 0.242 e. The van der Waals surface area contributed by atoms with E-state index in [1.165, 1.54) is 0 Å². The van der Waals surface area contributed by atoms with E-state index in [2.05, 4.69) is 11.2 Å². The molecule has 0 aromatic heterocycles. The van der Waals surface area contributed by atoms with Crippen molar-refractivity contribution < 1.29 is 9.59 Å². The van der Waals surface area contributed by atoms with E-state index in [9.17, 15) is 9.59 Å². The number of nitrogens with two attached hydrogens (primary N) is 1. The van der Waals surface area contributed by atoms with Gasteiger partial charge >= 0.3 is 0 Å². The lowest BCUT2D eigenvalue weighted by Crippen LogP contribution is -2.35. The van der Waals surface area contributed by atoms with Crippen molar-refractivity contribution in [3.8, 4) is 12.3 Å². The van der Waals surface area contributed by atoms with Gasteiger partial charge in [-0.1, -0.05) is 0 Å². The molecule has 2 amide bonds. The Bertz CT molecular complexity index is 589. The number of fused-ring (bicyclic) bond motifs is 1. The summed E-state index contributed by atoms with van der Waals surface area (Å²) in [5.41, 5.74) is 8.27. The van der Waals surface area contributed by atoms with Gasteiger partial charge in [-0.25, -0.2) is 0 Å². The largest absolute Gasteiger partial charge is 0.325 e. The summed E-state index contributed by atoms with van der Waals surface area (Å²) >= 11 is 0. The molecule has 1 heterocycles. The molecule has 1 aliphatic rings. The van der Waals surface area contributed by atoms with Crippen LogP contribution < -0.4 is 16.0 Å². The molecule has 1 aliphatic heterocycles. The van der Waals surface area contributed by atoms with Crippen LogP contribution in [0, 0.1) is 12.3 Å². The minimum atomic E-state index is -0.707. The fourth-order valence-electron chi connectivity index (χ4n) is 2.26. The lowest BCUT2D eigenvalue weighted by Gasteiger charge is -2.15. The summed E-state index contributed by atoms with van der Waals surface area (Å²) in [4.78, 5) is 25.0. The van der Waals surface area contributed by atoms with Gasteiger partial charge in [0.2, 0.25) is 11.8 Å². The second-order valence-corrected chi connectivity index (χ2v) is 4.77. The van der Waals surface area contributed by atoms with Gasteiger partial charge in [0.05, 0.1) is 6.04 Å². The number of amides is 2. The highest BCUT2D eigenvalue weighted by Crippen LogP contribution is 2.30. The van der Waals surface area contributed by atoms with E-state index in [4.69, 9.17) is 12.2 Å². The zero-order chi connectivity index (χ0) is 14.7. The number of carbonyl (C=O) groups excluding carboxylic acids is 2. The predicted octanol–water partition coefficient (Wildman–Crippen LogP) is 0.885. The summed E-state index contributed by atoms with van der Waals surface area (Å²) in [5.74, 6) is 2.09. The Labute approximate surface area is 118 Å². The molecule has 1 aromatic rings. The Hall–Kier alpha value is -2.32. The van der Waals surface area contributed by atoms with Crippen LogP contribution >= 0.6 is 0 Å². The quantitative estimate of drug-likeness (QED) is 0.801. The van der Waals surface area contributed by atoms with Crippen molar-refractivity contribution in [1.29, 1.82) is 0 Å². The molecule has 1 unspecified atom stereocenters. The third kappa shape index (κ3) is 2.81. The highest BCUT2D eigenvalue weighted by Gasteiger charge is 2.22. The van der Waals surface area contributed by atoms with Crippen LogP contribution in [-0.4, -0.2) is 24.4 Å². The van der Waals surface area contributed by atoms with Crippen LogP contribution in [0.5, 0.6) is 0 Å². The number of hydrogen-bond acceptors (Lipinski definition) is 3. The molecule has 0 spiro atoms. The van der Waals surface area contributed by atoms with Crippen molar-refractivity contribution in [3.63, 3.8) is 0 Å². The molecule has 0 saturated heterocycles. The van der Waals surface area contributed by atoms with E-state index in [0.717, 1.165) is 17.7 Å². The van der Waals surface area contributed by atoms with Crippen LogP contribution in [0.2, 0.25) is 0 Å². The summed E-state index contributed by atoms with van der Waals surface area (Å²) in [6.45, 7) is 2.22. The number of terminal acetylenes is 1. The first kappa shape index (κ1) is 14.1. The van der Waals surface area contributed by atoms with E-state index in [1.807, 2.05) is 12.1 Å². The van der Waals surface area contributed by atoms with Crippen LogP contribution in [0.25, 0.3) is 0 Å². The molecule has 20 heavy (non-hydrogen) atoms.